The van der Waals surface area contributed by atoms with Gasteiger partial charge in [-0.25, -0.2) is 13.2 Å². The van der Waals surface area contributed by atoms with E-state index >= 15 is 0 Å². The Bertz CT molecular complexity index is 734. The zero-order valence-electron chi connectivity index (χ0n) is 10.5. The molecule has 2 aromatic rings. The van der Waals surface area contributed by atoms with Gasteiger partial charge in [-0.05, 0) is 36.4 Å². The molecule has 3 nitrogen and oxygen atoms in total. The predicted octanol–water partition coefficient (Wildman–Crippen LogP) is 2.99. The molecule has 0 aliphatic heterocycles. The lowest BCUT2D eigenvalue weighted by Crippen LogP contribution is -2.19. The van der Waals surface area contributed by atoms with Crippen molar-refractivity contribution in [2.24, 2.45) is 5.73 Å². The van der Waals surface area contributed by atoms with E-state index in [2.05, 4.69) is 5.32 Å². The van der Waals surface area contributed by atoms with Gasteiger partial charge < -0.3 is 11.1 Å². The first-order valence-corrected chi connectivity index (χ1v) is 6.15. The molecule has 0 spiro atoms. The van der Waals surface area contributed by atoms with Crippen LogP contribution in [0.4, 0.5) is 18.9 Å². The molecule has 108 valence electrons. The molecule has 0 saturated heterocycles. The molecule has 0 unspecified atom stereocenters. The predicted molar refractivity (Wildman–Crippen MR) is 76.6 cm³/mol. The van der Waals surface area contributed by atoms with Crippen LogP contribution in [0.1, 0.15) is 15.9 Å². The average Bonchev–Trinajstić information content (AvgIpc) is 2.43. The maximum atomic E-state index is 13.5. The quantitative estimate of drug-likeness (QED) is 0.857. The van der Waals surface area contributed by atoms with E-state index in [1.165, 1.54) is 6.07 Å². The van der Waals surface area contributed by atoms with Crippen LogP contribution in [0.5, 0.6) is 0 Å². The lowest BCUT2D eigenvalue weighted by Gasteiger charge is -2.11. The fourth-order valence-electron chi connectivity index (χ4n) is 1.69. The van der Waals surface area contributed by atoms with E-state index in [-0.39, 0.29) is 16.2 Å². The van der Waals surface area contributed by atoms with E-state index in [4.69, 9.17) is 18.0 Å². The summed E-state index contributed by atoms with van der Waals surface area (Å²) < 4.78 is 39.7. The number of nitrogens with two attached hydrogens (primary N) is 1. The molecule has 2 rings (SSSR count). The molecule has 0 aromatic heterocycles. The summed E-state index contributed by atoms with van der Waals surface area (Å²) in [6.07, 6.45) is 0. The molecule has 0 atom stereocenters. The molecular weight excluding hydrogens is 301 g/mol. The summed E-state index contributed by atoms with van der Waals surface area (Å²) in [4.78, 5) is 11.8. The van der Waals surface area contributed by atoms with E-state index < -0.39 is 28.9 Å². The van der Waals surface area contributed by atoms with Crippen LogP contribution in [0.15, 0.2) is 36.4 Å². The van der Waals surface area contributed by atoms with E-state index in [1.807, 2.05) is 0 Å². The lowest BCUT2D eigenvalue weighted by molar-refractivity contribution is 0.102. The van der Waals surface area contributed by atoms with Crippen molar-refractivity contribution < 1.29 is 18.0 Å². The number of carbonyl (C=O) groups is 1. The monoisotopic (exact) mass is 310 g/mol. The van der Waals surface area contributed by atoms with E-state index in [1.54, 1.807) is 0 Å². The van der Waals surface area contributed by atoms with E-state index in [9.17, 15) is 18.0 Å². The van der Waals surface area contributed by atoms with Crippen molar-refractivity contribution in [1.82, 2.24) is 0 Å². The average molecular weight is 310 g/mol. The SMILES string of the molecule is NC(=S)c1cc(F)ccc1NC(=O)c1cc(F)ccc1F. The maximum absolute atomic E-state index is 13.5. The zero-order chi connectivity index (χ0) is 15.6. The summed E-state index contributed by atoms with van der Waals surface area (Å²) in [6.45, 7) is 0. The minimum Gasteiger partial charge on any atom is -0.389 e. The van der Waals surface area contributed by atoms with Gasteiger partial charge in [0.1, 0.15) is 22.4 Å². The third-order valence-corrected chi connectivity index (χ3v) is 2.89. The smallest absolute Gasteiger partial charge is 0.258 e. The van der Waals surface area contributed by atoms with Gasteiger partial charge in [-0.3, -0.25) is 4.79 Å². The van der Waals surface area contributed by atoms with E-state index in [0.717, 1.165) is 30.3 Å². The molecule has 0 aliphatic rings. The number of amides is 1. The van der Waals surface area contributed by atoms with E-state index in [0.29, 0.717) is 0 Å². The number of halogens is 3. The van der Waals surface area contributed by atoms with Crippen LogP contribution < -0.4 is 11.1 Å². The van der Waals surface area contributed by atoms with Crippen LogP contribution in [0.3, 0.4) is 0 Å². The number of carbonyl (C=O) groups excluding carboxylic acids is 1. The normalized spacial score (nSPS) is 10.2. The summed E-state index contributed by atoms with van der Waals surface area (Å²) >= 11 is 4.75. The van der Waals surface area contributed by atoms with Gasteiger partial charge in [0.05, 0.1) is 11.3 Å². The Kier molecular flexibility index (Phi) is 4.23. The van der Waals surface area contributed by atoms with Gasteiger partial charge in [0.25, 0.3) is 5.91 Å². The molecule has 0 radical (unpaired) electrons. The Morgan fingerprint density at radius 1 is 1.00 bits per heavy atom. The van der Waals surface area contributed by atoms with Crippen molar-refractivity contribution in [3.63, 3.8) is 0 Å². The number of nitrogens with one attached hydrogen (secondary N) is 1. The van der Waals surface area contributed by atoms with Crippen LogP contribution in [-0.2, 0) is 0 Å². The Morgan fingerprint density at radius 3 is 2.19 bits per heavy atom. The summed E-state index contributed by atoms with van der Waals surface area (Å²) in [5, 5.41) is 2.32. The van der Waals surface area contributed by atoms with Crippen LogP contribution in [0.25, 0.3) is 0 Å². The van der Waals surface area contributed by atoms with Crippen LogP contribution in [0.2, 0.25) is 0 Å². The molecule has 3 N–H and O–H groups in total. The first-order chi connectivity index (χ1) is 9.88. The molecule has 0 fully saturated rings. The second-order valence-electron chi connectivity index (χ2n) is 4.13. The molecular formula is C14H9F3N2OS. The largest absolute Gasteiger partial charge is 0.389 e. The number of hydrogen-bond donors (Lipinski definition) is 2. The maximum Gasteiger partial charge on any atom is 0.258 e. The lowest BCUT2D eigenvalue weighted by atomic mass is 10.1. The standard InChI is InChI=1S/C14H9F3N2OS/c15-7-1-3-11(17)9(5-7)14(20)19-12-4-2-8(16)6-10(12)13(18)21/h1-6H,(H2,18,21)(H,19,20). The Labute approximate surface area is 123 Å². The minimum atomic E-state index is -0.892. The van der Waals surface area contributed by atoms with Gasteiger partial charge in [-0.15, -0.1) is 0 Å². The molecule has 0 aliphatic carbocycles. The molecule has 7 heteroatoms. The summed E-state index contributed by atoms with van der Waals surface area (Å²) in [5.41, 5.74) is 5.15. The Morgan fingerprint density at radius 2 is 1.57 bits per heavy atom. The summed E-state index contributed by atoms with van der Waals surface area (Å²) in [7, 11) is 0. The fraction of sp³-hybridized carbons (Fsp3) is 0. The van der Waals surface area contributed by atoms with Crippen molar-refractivity contribution in [2.45, 2.75) is 0 Å². The highest BCUT2D eigenvalue weighted by atomic mass is 32.1. The molecule has 2 aromatic carbocycles. The molecule has 0 bridgehead atoms. The first-order valence-electron chi connectivity index (χ1n) is 5.74. The van der Waals surface area contributed by atoms with Crippen LogP contribution >= 0.6 is 12.2 Å². The summed E-state index contributed by atoms with van der Waals surface area (Å²) in [5.74, 6) is -3.12. The van der Waals surface area contributed by atoms with Gasteiger partial charge in [-0.2, -0.15) is 0 Å². The van der Waals surface area contributed by atoms with Crippen LogP contribution in [0, 0.1) is 17.5 Å². The molecule has 21 heavy (non-hydrogen) atoms. The highest BCUT2D eigenvalue weighted by molar-refractivity contribution is 7.80. The topological polar surface area (TPSA) is 55.1 Å². The third kappa shape index (κ3) is 3.38. The van der Waals surface area contributed by atoms with Crippen molar-refractivity contribution >= 4 is 28.8 Å². The highest BCUT2D eigenvalue weighted by Crippen LogP contribution is 2.19. The number of benzene rings is 2. The number of hydrogen-bond acceptors (Lipinski definition) is 2. The molecule has 0 saturated carbocycles. The number of thiocarbonyl (C=S) groups is 1. The van der Waals surface area contributed by atoms with Gasteiger partial charge in [0, 0.05) is 5.56 Å². The first kappa shape index (κ1) is 15.0. The third-order valence-electron chi connectivity index (χ3n) is 2.67. The summed E-state index contributed by atoms with van der Waals surface area (Å²) in [6, 6.07) is 5.85. The molecule has 1 amide bonds. The van der Waals surface area contributed by atoms with Crippen molar-refractivity contribution in [3.05, 3.63) is 65.0 Å². The van der Waals surface area contributed by atoms with Gasteiger partial charge in [0.15, 0.2) is 0 Å². The fourth-order valence-corrected chi connectivity index (χ4v) is 1.86. The van der Waals surface area contributed by atoms with Crippen molar-refractivity contribution in [3.8, 4) is 0 Å². The highest BCUT2D eigenvalue weighted by Gasteiger charge is 2.15. The zero-order valence-corrected chi connectivity index (χ0v) is 11.3. The Balaban J connectivity index is 2.36. The number of anilines is 1. The van der Waals surface area contributed by atoms with Crippen molar-refractivity contribution in [2.75, 3.05) is 5.32 Å². The molecule has 0 heterocycles. The van der Waals surface area contributed by atoms with Gasteiger partial charge in [0.2, 0.25) is 0 Å². The van der Waals surface area contributed by atoms with Crippen molar-refractivity contribution in [1.29, 1.82) is 0 Å². The van der Waals surface area contributed by atoms with Gasteiger partial charge in [-0.1, -0.05) is 12.2 Å². The van der Waals surface area contributed by atoms with Crippen LogP contribution in [-0.4, -0.2) is 10.9 Å². The minimum absolute atomic E-state index is 0.0927. The Hall–Kier alpha value is -2.41. The van der Waals surface area contributed by atoms with Gasteiger partial charge >= 0.3 is 0 Å². The second-order valence-corrected chi connectivity index (χ2v) is 4.57. The second kappa shape index (κ2) is 5.92. The number of rotatable bonds is 3.